The van der Waals surface area contributed by atoms with E-state index in [0.29, 0.717) is 4.47 Å². The third-order valence-electron chi connectivity index (χ3n) is 0.818. The molecule has 1 radical (unpaired) electrons. The molecule has 0 fully saturated rings. The van der Waals surface area contributed by atoms with E-state index in [9.17, 15) is 4.39 Å². The fourth-order valence-corrected chi connectivity index (χ4v) is 0.967. The van der Waals surface area contributed by atoms with Crippen LogP contribution in [0.25, 0.3) is 0 Å². The molecule has 1 rings (SSSR count). The molecule has 1 aromatic carbocycles. The van der Waals surface area contributed by atoms with Crippen LogP contribution in [-0.2, 0) is 0 Å². The molecule has 0 N–H and O–H groups in total. The highest BCUT2D eigenvalue weighted by molar-refractivity contribution is 9.13. The molecule has 0 unspecified atom stereocenters. The number of rotatable bonds is 0. The van der Waals surface area contributed by atoms with E-state index in [4.69, 9.17) is 0 Å². The Morgan fingerprint density at radius 1 is 1.33 bits per heavy atom. The van der Waals surface area contributed by atoms with Gasteiger partial charge >= 0.3 is 0 Å². The molecule has 0 bridgehead atoms. The van der Waals surface area contributed by atoms with Gasteiger partial charge in [-0.25, -0.2) is 4.39 Å². The topological polar surface area (TPSA) is 0 Å². The maximum absolute atomic E-state index is 12.2. The second-order valence-corrected chi connectivity index (χ2v) is 3.19. The van der Waals surface area contributed by atoms with E-state index in [-0.39, 0.29) is 5.82 Å². The average molecular weight is 253 g/mol. The molecule has 0 aliphatic rings. The zero-order chi connectivity index (χ0) is 6.85. The van der Waals surface area contributed by atoms with Crippen LogP contribution in [0.3, 0.4) is 0 Å². The first-order valence-electron chi connectivity index (χ1n) is 2.22. The summed E-state index contributed by atoms with van der Waals surface area (Å²) in [5.74, 6) is -0.356. The van der Waals surface area contributed by atoms with E-state index in [1.807, 2.05) is 0 Å². The summed E-state index contributed by atoms with van der Waals surface area (Å²) < 4.78 is 13.8. The van der Waals surface area contributed by atoms with Crippen LogP contribution in [0.2, 0.25) is 0 Å². The summed E-state index contributed by atoms with van der Waals surface area (Å²) in [6.07, 6.45) is 0. The predicted octanol–water partition coefficient (Wildman–Crippen LogP) is 3.15. The molecule has 0 nitrogen and oxygen atoms in total. The summed E-state index contributed by atoms with van der Waals surface area (Å²) in [5, 5.41) is 0. The van der Waals surface area contributed by atoms with Crippen molar-refractivity contribution in [1.82, 2.24) is 0 Å². The van der Waals surface area contributed by atoms with Gasteiger partial charge in [0.1, 0.15) is 5.82 Å². The molecule has 0 saturated heterocycles. The van der Waals surface area contributed by atoms with Gasteiger partial charge in [0.15, 0.2) is 0 Å². The second kappa shape index (κ2) is 2.80. The Balaban J connectivity index is 3.17. The van der Waals surface area contributed by atoms with Gasteiger partial charge in [0, 0.05) is 15.0 Å². The lowest BCUT2D eigenvalue weighted by Gasteiger charge is -1.91. The summed E-state index contributed by atoms with van der Waals surface area (Å²) >= 11 is 6.32. The zero-order valence-corrected chi connectivity index (χ0v) is 7.46. The minimum absolute atomic E-state index is 0.356. The van der Waals surface area contributed by atoms with E-state index in [0.717, 1.165) is 4.47 Å². The molecule has 0 aliphatic heterocycles. The van der Waals surface area contributed by atoms with E-state index < -0.39 is 0 Å². The highest BCUT2D eigenvalue weighted by Crippen LogP contribution is 2.22. The van der Waals surface area contributed by atoms with Gasteiger partial charge in [-0.2, -0.15) is 0 Å². The lowest BCUT2D eigenvalue weighted by Crippen LogP contribution is -1.73. The molecule has 0 amide bonds. The lowest BCUT2D eigenvalue weighted by molar-refractivity contribution is 0.624. The summed E-state index contributed by atoms with van der Waals surface area (Å²) in [4.78, 5) is 0. The van der Waals surface area contributed by atoms with E-state index in [1.54, 1.807) is 0 Å². The van der Waals surface area contributed by atoms with Crippen LogP contribution in [-0.4, -0.2) is 0 Å². The standard InChI is InChI=1S/C6H2Br2F/c7-5-2-1-4(9)3-6(5)8/h2-3H. The summed E-state index contributed by atoms with van der Waals surface area (Å²) in [6.45, 7) is 0. The van der Waals surface area contributed by atoms with Crippen molar-refractivity contribution in [2.75, 3.05) is 0 Å². The summed E-state index contributed by atoms with van der Waals surface area (Å²) in [5.41, 5.74) is 0. The molecule has 0 heterocycles. The Hall–Kier alpha value is 0.110. The molecule has 0 atom stereocenters. The van der Waals surface area contributed by atoms with E-state index in [2.05, 4.69) is 37.9 Å². The Morgan fingerprint density at radius 3 is 2.44 bits per heavy atom. The van der Waals surface area contributed by atoms with Crippen molar-refractivity contribution < 1.29 is 4.39 Å². The zero-order valence-electron chi connectivity index (χ0n) is 4.29. The Kier molecular flexibility index (Phi) is 2.24. The molecule has 0 aliphatic carbocycles. The van der Waals surface area contributed by atoms with Gasteiger partial charge in [0.2, 0.25) is 0 Å². The quantitative estimate of drug-likeness (QED) is 0.623. The Bertz CT molecular complexity index is 222. The molecule has 47 valence electrons. The Morgan fingerprint density at radius 2 is 2.00 bits per heavy atom. The van der Waals surface area contributed by atoms with Crippen molar-refractivity contribution in [3.63, 3.8) is 0 Å². The van der Waals surface area contributed by atoms with Crippen LogP contribution < -0.4 is 0 Å². The van der Waals surface area contributed by atoms with Crippen molar-refractivity contribution in [3.8, 4) is 0 Å². The van der Waals surface area contributed by atoms with Gasteiger partial charge in [0.25, 0.3) is 0 Å². The van der Waals surface area contributed by atoms with Crippen molar-refractivity contribution in [3.05, 3.63) is 33.0 Å². The highest BCUT2D eigenvalue weighted by atomic mass is 79.9. The third kappa shape index (κ3) is 1.76. The summed E-state index contributed by atoms with van der Waals surface area (Å²) in [7, 11) is 0. The van der Waals surface area contributed by atoms with Crippen LogP contribution in [0, 0.1) is 11.9 Å². The fourth-order valence-electron chi connectivity index (χ4n) is 0.423. The second-order valence-electron chi connectivity index (χ2n) is 1.48. The van der Waals surface area contributed by atoms with E-state index in [1.165, 1.54) is 12.1 Å². The first kappa shape index (κ1) is 7.22. The molecule has 3 heteroatoms. The smallest absolute Gasteiger partial charge is 0.132 e. The molecule has 1 aromatic rings. The lowest BCUT2D eigenvalue weighted by atomic mass is 10.4. The van der Waals surface area contributed by atoms with Gasteiger partial charge in [-0.3, -0.25) is 0 Å². The van der Waals surface area contributed by atoms with Crippen molar-refractivity contribution in [2.24, 2.45) is 0 Å². The first-order valence-corrected chi connectivity index (χ1v) is 3.81. The third-order valence-corrected chi connectivity index (χ3v) is 2.66. The van der Waals surface area contributed by atoms with Gasteiger partial charge < -0.3 is 0 Å². The summed E-state index contributed by atoms with van der Waals surface area (Å²) in [6, 6.07) is 5.28. The average Bonchev–Trinajstić information content (AvgIpc) is 1.80. The monoisotopic (exact) mass is 251 g/mol. The molecule has 0 spiro atoms. The van der Waals surface area contributed by atoms with Crippen LogP contribution in [0.5, 0.6) is 0 Å². The van der Waals surface area contributed by atoms with Gasteiger partial charge in [-0.05, 0) is 44.0 Å². The number of hydrogen-bond acceptors (Lipinski definition) is 0. The molecule has 0 saturated carbocycles. The SMILES string of the molecule is Fc1[c]cc(Br)c(Br)c1. The maximum Gasteiger partial charge on any atom is 0.132 e. The minimum Gasteiger partial charge on any atom is -0.206 e. The largest absolute Gasteiger partial charge is 0.206 e. The Labute approximate surface area is 69.3 Å². The predicted molar refractivity (Wildman–Crippen MR) is 40.6 cm³/mol. The fraction of sp³-hybridized carbons (Fsp3) is 0. The van der Waals surface area contributed by atoms with Crippen molar-refractivity contribution in [2.45, 2.75) is 0 Å². The first-order chi connectivity index (χ1) is 4.20. The maximum atomic E-state index is 12.2. The van der Waals surface area contributed by atoms with Crippen LogP contribution >= 0.6 is 31.9 Å². The van der Waals surface area contributed by atoms with Crippen LogP contribution in [0.4, 0.5) is 4.39 Å². The molecule has 9 heavy (non-hydrogen) atoms. The van der Waals surface area contributed by atoms with E-state index >= 15 is 0 Å². The normalized spacial score (nSPS) is 9.67. The molecular weight excluding hydrogens is 251 g/mol. The van der Waals surface area contributed by atoms with Gasteiger partial charge in [0.05, 0.1) is 0 Å². The highest BCUT2D eigenvalue weighted by Gasteiger charge is 1.95. The minimum atomic E-state index is -0.356. The van der Waals surface area contributed by atoms with Crippen LogP contribution in [0.15, 0.2) is 21.1 Å². The molecular formula is C6H2Br2F. The van der Waals surface area contributed by atoms with Crippen LogP contribution in [0.1, 0.15) is 0 Å². The number of hydrogen-bond donors (Lipinski definition) is 0. The number of halogens is 3. The van der Waals surface area contributed by atoms with Gasteiger partial charge in [-0.1, -0.05) is 0 Å². The number of benzene rings is 1. The van der Waals surface area contributed by atoms with Crippen molar-refractivity contribution in [1.29, 1.82) is 0 Å². The molecule has 0 aromatic heterocycles. The van der Waals surface area contributed by atoms with Gasteiger partial charge in [-0.15, -0.1) is 0 Å². The van der Waals surface area contributed by atoms with Crippen molar-refractivity contribution >= 4 is 31.9 Å².